The summed E-state index contributed by atoms with van der Waals surface area (Å²) in [5, 5.41) is 15.1. The SMILES string of the molecule is C=C1CC(C(=O)N/N=C\c2ccc(-c3cc([N+](=O)[O-])ccc3Cl)o2)C1. The molecule has 0 radical (unpaired) electrons. The third-order valence-electron chi connectivity index (χ3n) is 3.86. The lowest BCUT2D eigenvalue weighted by atomic mass is 9.81. The van der Waals surface area contributed by atoms with E-state index in [1.165, 1.54) is 24.4 Å². The maximum absolute atomic E-state index is 11.8. The maximum atomic E-state index is 11.8. The van der Waals surface area contributed by atoms with Crippen LogP contribution in [0, 0.1) is 16.0 Å². The highest BCUT2D eigenvalue weighted by Gasteiger charge is 2.28. The molecule has 0 bridgehead atoms. The van der Waals surface area contributed by atoms with Gasteiger partial charge in [-0.2, -0.15) is 5.10 Å². The van der Waals surface area contributed by atoms with Crippen molar-refractivity contribution >= 4 is 29.4 Å². The molecule has 1 aliphatic rings. The summed E-state index contributed by atoms with van der Waals surface area (Å²) in [7, 11) is 0. The minimum absolute atomic E-state index is 0.0690. The molecular weight excluding hydrogens is 346 g/mol. The van der Waals surface area contributed by atoms with E-state index in [4.69, 9.17) is 16.0 Å². The molecule has 7 nitrogen and oxygen atoms in total. The van der Waals surface area contributed by atoms with Crippen LogP contribution in [0.15, 0.2) is 52.0 Å². The molecule has 25 heavy (non-hydrogen) atoms. The van der Waals surface area contributed by atoms with E-state index in [0.717, 1.165) is 5.57 Å². The van der Waals surface area contributed by atoms with Crippen LogP contribution in [0.1, 0.15) is 18.6 Å². The second kappa shape index (κ2) is 6.90. The molecule has 128 valence electrons. The van der Waals surface area contributed by atoms with Gasteiger partial charge in [0.1, 0.15) is 11.5 Å². The first-order valence-corrected chi connectivity index (χ1v) is 7.85. The van der Waals surface area contributed by atoms with E-state index in [2.05, 4.69) is 17.1 Å². The Morgan fingerprint density at radius 1 is 1.40 bits per heavy atom. The van der Waals surface area contributed by atoms with Gasteiger partial charge >= 0.3 is 0 Å². The summed E-state index contributed by atoms with van der Waals surface area (Å²) in [5.74, 6) is 0.533. The van der Waals surface area contributed by atoms with Crippen LogP contribution in [0.3, 0.4) is 0 Å². The Kier molecular flexibility index (Phi) is 4.67. The summed E-state index contributed by atoms with van der Waals surface area (Å²) in [6.07, 6.45) is 2.75. The monoisotopic (exact) mass is 359 g/mol. The molecule has 0 aliphatic heterocycles. The van der Waals surface area contributed by atoms with E-state index in [-0.39, 0.29) is 17.5 Å². The number of nitrogens with one attached hydrogen (secondary N) is 1. The molecule has 1 saturated carbocycles. The van der Waals surface area contributed by atoms with Crippen molar-refractivity contribution in [1.29, 1.82) is 0 Å². The lowest BCUT2D eigenvalue weighted by Crippen LogP contribution is -2.32. The third-order valence-corrected chi connectivity index (χ3v) is 4.19. The summed E-state index contributed by atoms with van der Waals surface area (Å²) < 4.78 is 5.56. The minimum atomic E-state index is -0.504. The topological polar surface area (TPSA) is 97.7 Å². The molecule has 1 fully saturated rings. The molecular formula is C17H14ClN3O4. The number of rotatable bonds is 5. The Hall–Kier alpha value is -2.93. The Labute approximate surface area is 148 Å². The number of amides is 1. The van der Waals surface area contributed by atoms with Gasteiger partial charge in [0.2, 0.25) is 5.91 Å². The summed E-state index contributed by atoms with van der Waals surface area (Å²) in [4.78, 5) is 22.1. The standard InChI is InChI=1S/C17H14ClN3O4/c1-10-6-11(7-10)17(22)20-19-9-13-3-5-16(25-13)14-8-12(21(23)24)2-4-15(14)18/h2-5,8-9,11H,1,6-7H2,(H,20,22)/b19-9-. The summed E-state index contributed by atoms with van der Waals surface area (Å²) in [5.41, 5.74) is 3.84. The number of non-ortho nitro benzene ring substituents is 1. The van der Waals surface area contributed by atoms with Gasteiger partial charge in [0.05, 0.1) is 16.2 Å². The van der Waals surface area contributed by atoms with E-state index < -0.39 is 4.92 Å². The minimum Gasteiger partial charge on any atom is -0.455 e. The van der Waals surface area contributed by atoms with Crippen LogP contribution in [0.25, 0.3) is 11.3 Å². The molecule has 1 N–H and O–H groups in total. The number of benzene rings is 1. The predicted octanol–water partition coefficient (Wildman–Crippen LogP) is 3.92. The fourth-order valence-corrected chi connectivity index (χ4v) is 2.67. The first-order chi connectivity index (χ1) is 11.9. The highest BCUT2D eigenvalue weighted by Crippen LogP contribution is 2.32. The molecule has 1 aromatic heterocycles. The fraction of sp³-hybridized carbons (Fsp3) is 0.176. The number of furan rings is 1. The number of hydrogen-bond acceptors (Lipinski definition) is 5. The fourth-order valence-electron chi connectivity index (χ4n) is 2.46. The smallest absolute Gasteiger partial charge is 0.270 e. The van der Waals surface area contributed by atoms with Crippen LogP contribution in [-0.4, -0.2) is 17.0 Å². The molecule has 1 heterocycles. The van der Waals surface area contributed by atoms with E-state index in [0.29, 0.717) is 34.9 Å². The van der Waals surface area contributed by atoms with Crippen molar-refractivity contribution in [2.24, 2.45) is 11.0 Å². The molecule has 8 heteroatoms. The van der Waals surface area contributed by atoms with Crippen molar-refractivity contribution < 1.29 is 14.1 Å². The lowest BCUT2D eigenvalue weighted by molar-refractivity contribution is -0.384. The van der Waals surface area contributed by atoms with Gasteiger partial charge in [0.25, 0.3) is 5.69 Å². The Morgan fingerprint density at radius 3 is 2.84 bits per heavy atom. The van der Waals surface area contributed by atoms with Gasteiger partial charge < -0.3 is 4.42 Å². The summed E-state index contributed by atoms with van der Waals surface area (Å²) >= 11 is 6.08. The number of hydrogen-bond donors (Lipinski definition) is 1. The van der Waals surface area contributed by atoms with Crippen LogP contribution in [0.5, 0.6) is 0 Å². The summed E-state index contributed by atoms with van der Waals surface area (Å²) in [6, 6.07) is 7.36. The number of nitrogens with zero attached hydrogens (tertiary/aromatic N) is 2. The molecule has 0 saturated heterocycles. The molecule has 1 aliphatic carbocycles. The third kappa shape index (κ3) is 3.77. The normalized spacial score (nSPS) is 14.5. The van der Waals surface area contributed by atoms with E-state index in [9.17, 15) is 14.9 Å². The van der Waals surface area contributed by atoms with Crippen LogP contribution >= 0.6 is 11.6 Å². The predicted molar refractivity (Wildman–Crippen MR) is 93.4 cm³/mol. The second-order valence-corrected chi connectivity index (χ2v) is 6.12. The molecule has 1 amide bonds. The van der Waals surface area contributed by atoms with Crippen molar-refractivity contribution in [1.82, 2.24) is 5.43 Å². The van der Waals surface area contributed by atoms with Gasteiger partial charge in [-0.25, -0.2) is 5.43 Å². The number of nitro groups is 1. The van der Waals surface area contributed by atoms with Crippen molar-refractivity contribution in [2.45, 2.75) is 12.8 Å². The Balaban J connectivity index is 1.69. The number of allylic oxidation sites excluding steroid dienone is 1. The zero-order valence-electron chi connectivity index (χ0n) is 13.1. The van der Waals surface area contributed by atoms with Crippen molar-refractivity contribution in [3.8, 4) is 11.3 Å². The number of halogens is 1. The average Bonchev–Trinajstić information content (AvgIpc) is 3.00. The Morgan fingerprint density at radius 2 is 2.16 bits per heavy atom. The van der Waals surface area contributed by atoms with Gasteiger partial charge in [0.15, 0.2) is 0 Å². The van der Waals surface area contributed by atoms with E-state index in [1.54, 1.807) is 12.1 Å². The zero-order chi connectivity index (χ0) is 18.0. The molecule has 0 atom stereocenters. The van der Waals surface area contributed by atoms with Gasteiger partial charge in [-0.05, 0) is 31.0 Å². The highest BCUT2D eigenvalue weighted by atomic mass is 35.5. The quantitative estimate of drug-likeness (QED) is 0.378. The number of carbonyl (C=O) groups is 1. The second-order valence-electron chi connectivity index (χ2n) is 5.71. The lowest BCUT2D eigenvalue weighted by Gasteiger charge is -2.25. The van der Waals surface area contributed by atoms with Crippen molar-refractivity contribution in [3.05, 3.63) is 63.4 Å². The molecule has 0 unspecified atom stereocenters. The van der Waals surface area contributed by atoms with E-state index >= 15 is 0 Å². The van der Waals surface area contributed by atoms with Crippen LogP contribution in [0.4, 0.5) is 5.69 Å². The van der Waals surface area contributed by atoms with E-state index in [1.807, 2.05) is 0 Å². The zero-order valence-corrected chi connectivity index (χ0v) is 13.8. The molecule has 3 rings (SSSR count). The maximum Gasteiger partial charge on any atom is 0.270 e. The van der Waals surface area contributed by atoms with Crippen molar-refractivity contribution in [3.63, 3.8) is 0 Å². The Bertz CT molecular complexity index is 880. The summed E-state index contributed by atoms with van der Waals surface area (Å²) in [6.45, 7) is 3.79. The van der Waals surface area contributed by atoms with Gasteiger partial charge in [-0.1, -0.05) is 23.8 Å². The van der Waals surface area contributed by atoms with Crippen molar-refractivity contribution in [2.75, 3.05) is 0 Å². The first kappa shape index (κ1) is 16.9. The van der Waals surface area contributed by atoms with Gasteiger partial charge in [-0.3, -0.25) is 14.9 Å². The molecule has 1 aromatic carbocycles. The highest BCUT2D eigenvalue weighted by molar-refractivity contribution is 6.33. The van der Waals surface area contributed by atoms with Gasteiger partial charge in [0, 0.05) is 23.6 Å². The van der Waals surface area contributed by atoms with Crippen LogP contribution < -0.4 is 5.43 Å². The first-order valence-electron chi connectivity index (χ1n) is 7.48. The molecule has 0 spiro atoms. The van der Waals surface area contributed by atoms with Gasteiger partial charge in [-0.15, -0.1) is 0 Å². The largest absolute Gasteiger partial charge is 0.455 e. The molecule has 2 aromatic rings. The number of hydrazone groups is 1. The number of nitro benzene ring substituents is 1. The average molecular weight is 360 g/mol. The van der Waals surface area contributed by atoms with Crippen LogP contribution in [-0.2, 0) is 4.79 Å². The van der Waals surface area contributed by atoms with Crippen LogP contribution in [0.2, 0.25) is 5.02 Å². The number of carbonyl (C=O) groups excluding carboxylic acids is 1.